The molecule has 0 unspecified atom stereocenters. The monoisotopic (exact) mass is 259 g/mol. The highest BCUT2D eigenvalue weighted by Gasteiger charge is 2.23. The first-order valence-electron chi connectivity index (χ1n) is 4.60. The Morgan fingerprint density at radius 2 is 2.29 bits per heavy atom. The van der Waals surface area contributed by atoms with Crippen molar-refractivity contribution in [2.75, 3.05) is 6.54 Å². The molecule has 1 aromatic rings. The van der Waals surface area contributed by atoms with E-state index in [1.807, 2.05) is 0 Å². The molecule has 1 saturated heterocycles. The Hall–Kier alpha value is -0.610. The van der Waals surface area contributed by atoms with Gasteiger partial charge in [-0.2, -0.15) is 0 Å². The zero-order valence-electron chi connectivity index (χ0n) is 7.56. The SMILES string of the molecule is Oc1c(Br)ccc(F)c1[C@H]1CCCN1. The second-order valence-electron chi connectivity index (χ2n) is 3.44. The summed E-state index contributed by atoms with van der Waals surface area (Å²) in [6, 6.07) is 2.84. The van der Waals surface area contributed by atoms with Crippen LogP contribution in [0.15, 0.2) is 16.6 Å². The van der Waals surface area contributed by atoms with Gasteiger partial charge in [-0.15, -0.1) is 0 Å². The van der Waals surface area contributed by atoms with Crippen molar-refractivity contribution in [2.45, 2.75) is 18.9 Å². The summed E-state index contributed by atoms with van der Waals surface area (Å²) in [5.41, 5.74) is 0.386. The van der Waals surface area contributed by atoms with E-state index in [-0.39, 0.29) is 17.6 Å². The molecule has 4 heteroatoms. The first-order valence-corrected chi connectivity index (χ1v) is 5.39. The molecule has 1 fully saturated rings. The molecule has 2 nitrogen and oxygen atoms in total. The molecule has 1 aliphatic rings. The first-order chi connectivity index (χ1) is 6.70. The molecule has 0 radical (unpaired) electrons. The van der Waals surface area contributed by atoms with Gasteiger partial charge in [0.25, 0.3) is 0 Å². The zero-order chi connectivity index (χ0) is 10.1. The predicted molar refractivity (Wildman–Crippen MR) is 55.7 cm³/mol. The third-order valence-corrected chi connectivity index (χ3v) is 3.16. The minimum Gasteiger partial charge on any atom is -0.506 e. The van der Waals surface area contributed by atoms with Crippen LogP contribution in [0.25, 0.3) is 0 Å². The molecule has 1 aromatic carbocycles. The molecule has 14 heavy (non-hydrogen) atoms. The normalized spacial score (nSPS) is 21.4. The van der Waals surface area contributed by atoms with Crippen LogP contribution in [0.1, 0.15) is 24.4 Å². The van der Waals surface area contributed by atoms with E-state index >= 15 is 0 Å². The quantitative estimate of drug-likeness (QED) is 0.813. The van der Waals surface area contributed by atoms with E-state index < -0.39 is 0 Å². The van der Waals surface area contributed by atoms with E-state index in [4.69, 9.17) is 0 Å². The van der Waals surface area contributed by atoms with Crippen LogP contribution >= 0.6 is 15.9 Å². The Balaban J connectivity index is 2.44. The molecule has 1 atom stereocenters. The van der Waals surface area contributed by atoms with E-state index in [9.17, 15) is 9.50 Å². The molecule has 76 valence electrons. The summed E-state index contributed by atoms with van der Waals surface area (Å²) in [5.74, 6) is -0.325. The average Bonchev–Trinajstić information content (AvgIpc) is 2.65. The van der Waals surface area contributed by atoms with Crippen LogP contribution in [0, 0.1) is 5.82 Å². The van der Waals surface area contributed by atoms with E-state index in [0.29, 0.717) is 10.0 Å². The predicted octanol–water partition coefficient (Wildman–Crippen LogP) is 2.72. The smallest absolute Gasteiger partial charge is 0.137 e. The van der Waals surface area contributed by atoms with Gasteiger partial charge in [-0.3, -0.25) is 0 Å². The molecule has 2 rings (SSSR count). The highest BCUT2D eigenvalue weighted by atomic mass is 79.9. The lowest BCUT2D eigenvalue weighted by molar-refractivity contribution is 0.439. The first kappa shape index (κ1) is 9.93. The number of aromatic hydroxyl groups is 1. The van der Waals surface area contributed by atoms with Crippen LogP contribution in [-0.2, 0) is 0 Å². The van der Waals surface area contributed by atoms with Crippen molar-refractivity contribution in [3.05, 3.63) is 28.0 Å². The fourth-order valence-electron chi connectivity index (χ4n) is 1.82. The second-order valence-corrected chi connectivity index (χ2v) is 4.29. The van der Waals surface area contributed by atoms with Crippen LogP contribution < -0.4 is 5.32 Å². The molecule has 1 heterocycles. The minimum atomic E-state index is -0.342. The van der Waals surface area contributed by atoms with Crippen molar-refractivity contribution in [3.63, 3.8) is 0 Å². The summed E-state index contributed by atoms with van der Waals surface area (Å²) in [4.78, 5) is 0. The number of benzene rings is 1. The van der Waals surface area contributed by atoms with E-state index in [2.05, 4.69) is 21.2 Å². The number of hydrogen-bond acceptors (Lipinski definition) is 2. The summed E-state index contributed by atoms with van der Waals surface area (Å²) < 4.78 is 14.0. The van der Waals surface area contributed by atoms with Gasteiger partial charge in [-0.05, 0) is 47.4 Å². The Kier molecular flexibility index (Phi) is 2.74. The van der Waals surface area contributed by atoms with Crippen molar-refractivity contribution in [1.29, 1.82) is 0 Å². The van der Waals surface area contributed by atoms with Crippen LogP contribution in [0.3, 0.4) is 0 Å². The maximum absolute atomic E-state index is 13.5. The summed E-state index contributed by atoms with van der Waals surface area (Å²) in [6.45, 7) is 0.885. The van der Waals surface area contributed by atoms with E-state index in [1.54, 1.807) is 0 Å². The van der Waals surface area contributed by atoms with Crippen LogP contribution in [0.4, 0.5) is 4.39 Å². The Morgan fingerprint density at radius 3 is 2.93 bits per heavy atom. The van der Waals surface area contributed by atoms with Crippen LogP contribution in [-0.4, -0.2) is 11.7 Å². The van der Waals surface area contributed by atoms with Gasteiger partial charge in [-0.25, -0.2) is 4.39 Å². The summed E-state index contributed by atoms with van der Waals surface area (Å²) >= 11 is 3.18. The fraction of sp³-hybridized carbons (Fsp3) is 0.400. The lowest BCUT2D eigenvalue weighted by atomic mass is 10.0. The Morgan fingerprint density at radius 1 is 1.50 bits per heavy atom. The standard InChI is InChI=1S/C10H11BrFNO/c11-6-3-4-7(12)9(10(6)14)8-2-1-5-13-8/h3-4,8,13-14H,1-2,5H2/t8-/m1/s1. The van der Waals surface area contributed by atoms with Crippen molar-refractivity contribution in [2.24, 2.45) is 0 Å². The maximum Gasteiger partial charge on any atom is 0.137 e. The molecular formula is C10H11BrFNO. The lowest BCUT2D eigenvalue weighted by Crippen LogP contribution is -2.14. The highest BCUT2D eigenvalue weighted by molar-refractivity contribution is 9.10. The molecular weight excluding hydrogens is 249 g/mol. The van der Waals surface area contributed by atoms with Gasteiger partial charge >= 0.3 is 0 Å². The largest absolute Gasteiger partial charge is 0.506 e. The number of hydrogen-bond donors (Lipinski definition) is 2. The summed E-state index contributed by atoms with van der Waals surface area (Å²) in [6.07, 6.45) is 1.90. The van der Waals surface area contributed by atoms with Crippen molar-refractivity contribution >= 4 is 15.9 Å². The minimum absolute atomic E-state index is 0.0180. The van der Waals surface area contributed by atoms with Crippen molar-refractivity contribution in [3.8, 4) is 5.75 Å². The van der Waals surface area contributed by atoms with Gasteiger partial charge in [0.05, 0.1) is 4.47 Å². The number of nitrogens with one attached hydrogen (secondary N) is 1. The van der Waals surface area contributed by atoms with Crippen molar-refractivity contribution < 1.29 is 9.50 Å². The molecule has 0 spiro atoms. The Labute approximate surface area is 90.3 Å². The van der Waals surface area contributed by atoms with E-state index in [1.165, 1.54) is 12.1 Å². The lowest BCUT2D eigenvalue weighted by Gasteiger charge is -2.14. The van der Waals surface area contributed by atoms with Crippen LogP contribution in [0.2, 0.25) is 0 Å². The van der Waals surface area contributed by atoms with E-state index in [0.717, 1.165) is 19.4 Å². The highest BCUT2D eigenvalue weighted by Crippen LogP contribution is 2.37. The molecule has 0 amide bonds. The van der Waals surface area contributed by atoms with Gasteiger partial charge < -0.3 is 10.4 Å². The van der Waals surface area contributed by atoms with Crippen LogP contribution in [0.5, 0.6) is 5.75 Å². The second kappa shape index (κ2) is 3.87. The molecule has 0 aromatic heterocycles. The maximum atomic E-state index is 13.5. The molecule has 0 saturated carbocycles. The number of rotatable bonds is 1. The Bertz CT molecular complexity index is 350. The molecule has 0 aliphatic carbocycles. The molecule has 1 aliphatic heterocycles. The molecule has 2 N–H and O–H groups in total. The number of phenolic OH excluding ortho intramolecular Hbond substituents is 1. The van der Waals surface area contributed by atoms with Gasteiger partial charge in [0.2, 0.25) is 0 Å². The number of halogens is 2. The third kappa shape index (κ3) is 1.64. The third-order valence-electron chi connectivity index (χ3n) is 2.52. The zero-order valence-corrected chi connectivity index (χ0v) is 9.14. The summed E-state index contributed by atoms with van der Waals surface area (Å²) in [5, 5.41) is 12.9. The van der Waals surface area contributed by atoms with Gasteiger partial charge in [0.1, 0.15) is 11.6 Å². The topological polar surface area (TPSA) is 32.3 Å². The van der Waals surface area contributed by atoms with Gasteiger partial charge in [-0.1, -0.05) is 0 Å². The average molecular weight is 260 g/mol. The van der Waals surface area contributed by atoms with Crippen molar-refractivity contribution in [1.82, 2.24) is 5.32 Å². The van der Waals surface area contributed by atoms with Gasteiger partial charge in [0, 0.05) is 11.6 Å². The number of phenols is 1. The summed E-state index contributed by atoms with van der Waals surface area (Å²) in [7, 11) is 0. The van der Waals surface area contributed by atoms with Gasteiger partial charge in [0.15, 0.2) is 0 Å². The fourth-order valence-corrected chi connectivity index (χ4v) is 2.16. The molecule has 0 bridgehead atoms.